The molecule has 2 aliphatic rings. The van der Waals surface area contributed by atoms with E-state index in [9.17, 15) is 4.79 Å². The van der Waals surface area contributed by atoms with Crippen molar-refractivity contribution in [1.82, 2.24) is 10.4 Å². The van der Waals surface area contributed by atoms with Gasteiger partial charge in [-0.05, 0) is 30.7 Å². The Morgan fingerprint density at radius 1 is 1.32 bits per heavy atom. The van der Waals surface area contributed by atoms with Crippen LogP contribution in [0.15, 0.2) is 30.3 Å². The van der Waals surface area contributed by atoms with Gasteiger partial charge in [-0.25, -0.2) is 0 Å². The maximum Gasteiger partial charge on any atom is 0.208 e. The number of carbonyl (C=O) groups is 1. The summed E-state index contributed by atoms with van der Waals surface area (Å²) < 4.78 is 5.42. The number of amides is 1. The van der Waals surface area contributed by atoms with E-state index in [4.69, 9.17) is 9.57 Å². The Bertz CT molecular complexity index is 462. The first-order valence-electron chi connectivity index (χ1n) is 8.10. The van der Waals surface area contributed by atoms with Gasteiger partial charge >= 0.3 is 0 Å². The summed E-state index contributed by atoms with van der Waals surface area (Å²) in [5.41, 5.74) is 1.33. The van der Waals surface area contributed by atoms with Gasteiger partial charge < -0.3 is 10.1 Å². The van der Waals surface area contributed by atoms with Crippen molar-refractivity contribution >= 4 is 6.41 Å². The summed E-state index contributed by atoms with van der Waals surface area (Å²) >= 11 is 0. The molecule has 0 bridgehead atoms. The number of hydrogen-bond donors (Lipinski definition) is 1. The van der Waals surface area contributed by atoms with E-state index < -0.39 is 0 Å². The average Bonchev–Trinajstić information content (AvgIpc) is 3.18. The molecule has 3 atom stereocenters. The third-order valence-corrected chi connectivity index (χ3v) is 4.44. The SMILES string of the molecule is O=CNC1CC(CCc2ccccc2)ON1CC1CCOC1. The van der Waals surface area contributed by atoms with Crippen molar-refractivity contribution in [2.75, 3.05) is 19.8 Å². The van der Waals surface area contributed by atoms with Crippen LogP contribution in [0.5, 0.6) is 0 Å². The van der Waals surface area contributed by atoms with Crippen LogP contribution in [0.2, 0.25) is 0 Å². The number of rotatable bonds is 7. The van der Waals surface area contributed by atoms with Crippen molar-refractivity contribution in [3.05, 3.63) is 35.9 Å². The van der Waals surface area contributed by atoms with Crippen molar-refractivity contribution < 1.29 is 14.4 Å². The molecule has 0 spiro atoms. The van der Waals surface area contributed by atoms with E-state index >= 15 is 0 Å². The van der Waals surface area contributed by atoms with Crippen molar-refractivity contribution in [3.8, 4) is 0 Å². The Morgan fingerprint density at radius 3 is 2.91 bits per heavy atom. The van der Waals surface area contributed by atoms with Crippen LogP contribution in [0.1, 0.15) is 24.8 Å². The predicted molar refractivity (Wildman–Crippen MR) is 82.9 cm³/mol. The second-order valence-electron chi connectivity index (χ2n) is 6.12. The van der Waals surface area contributed by atoms with Crippen molar-refractivity contribution in [3.63, 3.8) is 0 Å². The fourth-order valence-electron chi connectivity index (χ4n) is 3.20. The molecule has 5 nitrogen and oxygen atoms in total. The highest BCUT2D eigenvalue weighted by atomic mass is 16.7. The normalized spacial score (nSPS) is 28.8. The number of hydroxylamine groups is 2. The minimum atomic E-state index is -0.0149. The second-order valence-corrected chi connectivity index (χ2v) is 6.12. The number of nitrogens with one attached hydrogen (secondary N) is 1. The summed E-state index contributed by atoms with van der Waals surface area (Å²) in [5, 5.41) is 4.82. The van der Waals surface area contributed by atoms with Gasteiger partial charge in [0.05, 0.1) is 12.7 Å². The molecule has 0 saturated carbocycles. The van der Waals surface area contributed by atoms with E-state index in [-0.39, 0.29) is 12.3 Å². The fourth-order valence-corrected chi connectivity index (χ4v) is 3.20. The Morgan fingerprint density at radius 2 is 2.18 bits per heavy atom. The quantitative estimate of drug-likeness (QED) is 0.780. The molecule has 22 heavy (non-hydrogen) atoms. The Kier molecular flexibility index (Phi) is 5.43. The summed E-state index contributed by atoms with van der Waals surface area (Å²) in [5.74, 6) is 0.504. The summed E-state index contributed by atoms with van der Waals surface area (Å²) in [4.78, 5) is 16.9. The summed E-state index contributed by atoms with van der Waals surface area (Å²) in [6, 6.07) is 10.4. The standard InChI is InChI=1S/C17H24N2O3/c20-13-18-17-10-16(7-6-14-4-2-1-3-5-14)22-19(17)11-15-8-9-21-12-15/h1-5,13,15-17H,6-12H2,(H,18,20). The molecule has 1 aromatic carbocycles. The predicted octanol–water partition coefficient (Wildman–Crippen LogP) is 1.73. The molecule has 0 radical (unpaired) electrons. The van der Waals surface area contributed by atoms with Gasteiger partial charge in [-0.1, -0.05) is 30.3 Å². The van der Waals surface area contributed by atoms with Crippen LogP contribution >= 0.6 is 0 Å². The van der Waals surface area contributed by atoms with E-state index in [2.05, 4.69) is 29.6 Å². The lowest BCUT2D eigenvalue weighted by Crippen LogP contribution is -2.42. The van der Waals surface area contributed by atoms with Gasteiger partial charge in [0.1, 0.15) is 6.17 Å². The average molecular weight is 304 g/mol. The fraction of sp³-hybridized carbons (Fsp3) is 0.588. The Balaban J connectivity index is 1.51. The van der Waals surface area contributed by atoms with Crippen LogP contribution in [0, 0.1) is 5.92 Å². The molecular formula is C17H24N2O3. The molecule has 2 heterocycles. The Hall–Kier alpha value is -1.43. The molecule has 2 saturated heterocycles. The molecule has 1 aromatic rings. The molecular weight excluding hydrogens is 280 g/mol. The lowest BCUT2D eigenvalue weighted by molar-refractivity contribution is -0.175. The highest BCUT2D eigenvalue weighted by Crippen LogP contribution is 2.26. The zero-order chi connectivity index (χ0) is 15.2. The third kappa shape index (κ3) is 4.06. The van der Waals surface area contributed by atoms with Crippen LogP contribution in [0.4, 0.5) is 0 Å². The van der Waals surface area contributed by atoms with Crippen LogP contribution in [0.25, 0.3) is 0 Å². The third-order valence-electron chi connectivity index (χ3n) is 4.44. The van der Waals surface area contributed by atoms with Crippen LogP contribution in [-0.2, 0) is 20.8 Å². The van der Waals surface area contributed by atoms with Gasteiger partial charge in [0.2, 0.25) is 6.41 Å². The molecule has 120 valence electrons. The minimum absolute atomic E-state index is 0.0149. The van der Waals surface area contributed by atoms with Crippen LogP contribution < -0.4 is 5.32 Å². The van der Waals surface area contributed by atoms with Crippen LogP contribution in [-0.4, -0.2) is 43.5 Å². The molecule has 1 N–H and O–H groups in total. The van der Waals surface area contributed by atoms with Crippen molar-refractivity contribution in [1.29, 1.82) is 0 Å². The second kappa shape index (κ2) is 7.72. The lowest BCUT2D eigenvalue weighted by Gasteiger charge is -2.24. The van der Waals surface area contributed by atoms with E-state index in [1.54, 1.807) is 0 Å². The molecule has 3 unspecified atom stereocenters. The molecule has 5 heteroatoms. The number of aryl methyl sites for hydroxylation is 1. The maximum absolute atomic E-state index is 10.8. The molecule has 0 aliphatic carbocycles. The zero-order valence-corrected chi connectivity index (χ0v) is 12.8. The highest BCUT2D eigenvalue weighted by Gasteiger charge is 2.35. The van der Waals surface area contributed by atoms with Crippen molar-refractivity contribution in [2.45, 2.75) is 38.0 Å². The summed E-state index contributed by atoms with van der Waals surface area (Å²) in [6.45, 7) is 2.46. The summed E-state index contributed by atoms with van der Waals surface area (Å²) in [6.07, 6.45) is 4.81. The van der Waals surface area contributed by atoms with Gasteiger partial charge in [-0.3, -0.25) is 9.63 Å². The number of nitrogens with zero attached hydrogens (tertiary/aromatic N) is 1. The van der Waals surface area contributed by atoms with Gasteiger partial charge in [0.15, 0.2) is 0 Å². The smallest absolute Gasteiger partial charge is 0.208 e. The summed E-state index contributed by atoms with van der Waals surface area (Å²) in [7, 11) is 0. The number of hydrogen-bond acceptors (Lipinski definition) is 4. The molecule has 3 rings (SSSR count). The van der Waals surface area contributed by atoms with E-state index in [1.807, 2.05) is 11.1 Å². The molecule has 1 amide bonds. The molecule has 0 aromatic heterocycles. The first kappa shape index (κ1) is 15.5. The Labute approximate surface area is 131 Å². The van der Waals surface area contributed by atoms with Crippen molar-refractivity contribution in [2.24, 2.45) is 5.92 Å². The van der Waals surface area contributed by atoms with Gasteiger partial charge in [0, 0.05) is 19.6 Å². The van der Waals surface area contributed by atoms with E-state index in [0.717, 1.165) is 51.9 Å². The van der Waals surface area contributed by atoms with E-state index in [1.165, 1.54) is 5.56 Å². The first-order valence-corrected chi connectivity index (χ1v) is 8.10. The molecule has 2 aliphatic heterocycles. The zero-order valence-electron chi connectivity index (χ0n) is 12.8. The van der Waals surface area contributed by atoms with Gasteiger partial charge in [0.25, 0.3) is 0 Å². The maximum atomic E-state index is 10.8. The first-order chi connectivity index (χ1) is 10.8. The monoisotopic (exact) mass is 304 g/mol. The van der Waals surface area contributed by atoms with Gasteiger partial charge in [-0.15, -0.1) is 0 Å². The highest BCUT2D eigenvalue weighted by molar-refractivity contribution is 5.46. The number of carbonyl (C=O) groups excluding carboxylic acids is 1. The number of benzene rings is 1. The topological polar surface area (TPSA) is 50.8 Å². The minimum Gasteiger partial charge on any atom is -0.381 e. The van der Waals surface area contributed by atoms with Gasteiger partial charge in [-0.2, -0.15) is 5.06 Å². The number of ether oxygens (including phenoxy) is 1. The van der Waals surface area contributed by atoms with E-state index in [0.29, 0.717) is 5.92 Å². The van der Waals surface area contributed by atoms with Crippen LogP contribution in [0.3, 0.4) is 0 Å². The molecule has 2 fully saturated rings. The lowest BCUT2D eigenvalue weighted by atomic mass is 10.0. The largest absolute Gasteiger partial charge is 0.381 e.